The largest absolute Gasteiger partial charge is 0.378 e. The molecule has 0 aromatic heterocycles. The van der Waals surface area contributed by atoms with Gasteiger partial charge in [-0.1, -0.05) is 24.3 Å². The molecular weight excluding hydrogens is 468 g/mol. The first-order chi connectivity index (χ1) is 17.9. The number of benzene rings is 2. The maximum Gasteiger partial charge on any atom is 0.320 e. The second-order valence-electron chi connectivity index (χ2n) is 9.85. The van der Waals surface area contributed by atoms with Crippen LogP contribution in [0.15, 0.2) is 42.5 Å². The second kappa shape index (κ2) is 12.9. The normalized spacial score (nSPS) is 16.5. The van der Waals surface area contributed by atoms with Crippen LogP contribution in [0.1, 0.15) is 18.9 Å². The van der Waals surface area contributed by atoms with Gasteiger partial charge in [0.15, 0.2) is 0 Å². The third-order valence-corrected chi connectivity index (χ3v) is 6.97. The van der Waals surface area contributed by atoms with Crippen LogP contribution in [0.2, 0.25) is 0 Å². The average Bonchev–Trinajstić information content (AvgIpc) is 2.91. The highest BCUT2D eigenvalue weighted by Crippen LogP contribution is 2.33. The number of anilines is 2. The molecule has 2 aromatic rings. The highest BCUT2D eigenvalue weighted by molar-refractivity contribution is 5.94. The van der Waals surface area contributed by atoms with E-state index in [0.717, 1.165) is 60.7 Å². The number of nitrogens with zero attached hydrogens (tertiary/aromatic N) is 4. The van der Waals surface area contributed by atoms with Gasteiger partial charge in [-0.25, -0.2) is 4.79 Å². The molecule has 3 amide bonds. The Hall–Kier alpha value is -3.14. The Labute approximate surface area is 220 Å². The van der Waals surface area contributed by atoms with Crippen molar-refractivity contribution in [3.63, 3.8) is 0 Å². The van der Waals surface area contributed by atoms with Gasteiger partial charge in [-0.05, 0) is 54.9 Å². The van der Waals surface area contributed by atoms with Gasteiger partial charge in [-0.2, -0.15) is 0 Å². The number of ether oxygens (including phenoxy) is 1. The Bertz CT molecular complexity index is 1060. The van der Waals surface area contributed by atoms with Crippen molar-refractivity contribution in [3.05, 3.63) is 48.0 Å². The monoisotopic (exact) mass is 508 g/mol. The van der Waals surface area contributed by atoms with Crippen LogP contribution in [0.25, 0.3) is 11.1 Å². The van der Waals surface area contributed by atoms with E-state index in [1.165, 1.54) is 0 Å². The van der Waals surface area contributed by atoms with E-state index in [1.807, 2.05) is 15.9 Å². The van der Waals surface area contributed by atoms with Crippen molar-refractivity contribution < 1.29 is 14.3 Å². The number of nitrogens with two attached hydrogens (primary N) is 1. The molecule has 37 heavy (non-hydrogen) atoms. The molecule has 2 heterocycles. The number of carbonyl (C=O) groups excluding carboxylic acids is 2. The molecule has 2 fully saturated rings. The minimum Gasteiger partial charge on any atom is -0.378 e. The maximum atomic E-state index is 13.2. The third-order valence-electron chi connectivity index (χ3n) is 6.97. The van der Waals surface area contributed by atoms with Gasteiger partial charge in [0.25, 0.3) is 0 Å². The fourth-order valence-electron chi connectivity index (χ4n) is 4.88. The van der Waals surface area contributed by atoms with E-state index in [1.54, 1.807) is 6.92 Å². The first-order valence-electron chi connectivity index (χ1n) is 13.2. The summed E-state index contributed by atoms with van der Waals surface area (Å²) in [7, 11) is 2.13. The number of urea groups is 1. The lowest BCUT2D eigenvalue weighted by molar-refractivity contribution is -0.114. The zero-order valence-corrected chi connectivity index (χ0v) is 22.1. The SMILES string of the molecule is CC(=O)Nc1cc(-c2cccc(CN(CCCN)C(=O)N3CCOCC3)c2)ccc1N1CCN(C)CC1. The summed E-state index contributed by atoms with van der Waals surface area (Å²) in [4.78, 5) is 33.6. The third kappa shape index (κ3) is 7.21. The van der Waals surface area contributed by atoms with Crippen LogP contribution < -0.4 is 16.0 Å². The summed E-state index contributed by atoms with van der Waals surface area (Å²) in [5.74, 6) is -0.0848. The van der Waals surface area contributed by atoms with Crippen molar-refractivity contribution in [2.45, 2.75) is 19.9 Å². The Balaban J connectivity index is 1.55. The topological polar surface area (TPSA) is 94.4 Å². The number of carbonyl (C=O) groups is 2. The van der Waals surface area contributed by atoms with E-state index in [4.69, 9.17) is 10.5 Å². The molecule has 4 rings (SSSR count). The highest BCUT2D eigenvalue weighted by atomic mass is 16.5. The molecule has 0 saturated carbocycles. The molecule has 0 radical (unpaired) electrons. The van der Waals surface area contributed by atoms with Gasteiger partial charge < -0.3 is 35.4 Å². The van der Waals surface area contributed by atoms with Gasteiger partial charge in [-0.3, -0.25) is 4.79 Å². The van der Waals surface area contributed by atoms with E-state index in [-0.39, 0.29) is 11.9 Å². The molecule has 9 nitrogen and oxygen atoms in total. The number of likely N-dealkylation sites (N-methyl/N-ethyl adjacent to an activating group) is 1. The van der Waals surface area contributed by atoms with Crippen LogP contribution in [0, 0.1) is 0 Å². The number of rotatable bonds is 8. The quantitative estimate of drug-likeness (QED) is 0.570. The maximum absolute atomic E-state index is 13.2. The van der Waals surface area contributed by atoms with E-state index in [2.05, 4.69) is 58.6 Å². The van der Waals surface area contributed by atoms with Crippen LogP contribution in [-0.2, 0) is 16.1 Å². The molecule has 0 aliphatic carbocycles. The smallest absolute Gasteiger partial charge is 0.320 e. The van der Waals surface area contributed by atoms with Gasteiger partial charge in [-0.15, -0.1) is 0 Å². The van der Waals surface area contributed by atoms with Gasteiger partial charge >= 0.3 is 6.03 Å². The standard InChI is InChI=1S/C28H40N6O3/c1-22(35)30-26-20-25(7-8-27(26)32-13-11-31(2)12-14-32)24-6-3-5-23(19-24)21-34(10-4-9-29)28(36)33-15-17-37-18-16-33/h3,5-8,19-20H,4,9-18,21,29H2,1-2H3,(H,30,35). The van der Waals surface area contributed by atoms with Crippen molar-refractivity contribution in [1.29, 1.82) is 0 Å². The molecule has 2 saturated heterocycles. The molecule has 0 bridgehead atoms. The van der Waals surface area contributed by atoms with Crippen molar-refractivity contribution >= 4 is 23.3 Å². The molecule has 2 aliphatic heterocycles. The van der Waals surface area contributed by atoms with E-state index >= 15 is 0 Å². The Morgan fingerprint density at radius 3 is 2.43 bits per heavy atom. The Kier molecular flexibility index (Phi) is 9.38. The fraction of sp³-hybridized carbons (Fsp3) is 0.500. The molecule has 0 spiro atoms. The van der Waals surface area contributed by atoms with Crippen LogP contribution in [0.3, 0.4) is 0 Å². The number of morpholine rings is 1. The Morgan fingerprint density at radius 1 is 1.00 bits per heavy atom. The molecular formula is C28H40N6O3. The first kappa shape index (κ1) is 26.9. The zero-order chi connectivity index (χ0) is 26.2. The van der Waals surface area contributed by atoms with Crippen LogP contribution >= 0.6 is 0 Å². The summed E-state index contributed by atoms with van der Waals surface area (Å²) < 4.78 is 5.42. The highest BCUT2D eigenvalue weighted by Gasteiger charge is 2.23. The molecule has 0 unspecified atom stereocenters. The second-order valence-corrected chi connectivity index (χ2v) is 9.85. The van der Waals surface area contributed by atoms with Crippen LogP contribution in [0.5, 0.6) is 0 Å². The molecule has 2 aliphatic rings. The van der Waals surface area contributed by atoms with E-state index < -0.39 is 0 Å². The summed E-state index contributed by atoms with van der Waals surface area (Å²) in [6.07, 6.45) is 0.754. The minimum atomic E-state index is -0.0848. The zero-order valence-electron chi connectivity index (χ0n) is 22.1. The van der Waals surface area contributed by atoms with Crippen LogP contribution in [0.4, 0.5) is 16.2 Å². The summed E-state index contributed by atoms with van der Waals surface area (Å²) in [5, 5.41) is 3.04. The predicted molar refractivity (Wildman–Crippen MR) is 148 cm³/mol. The van der Waals surface area contributed by atoms with Gasteiger partial charge in [0.1, 0.15) is 0 Å². The Morgan fingerprint density at radius 2 is 1.73 bits per heavy atom. The molecule has 9 heteroatoms. The summed E-state index contributed by atoms with van der Waals surface area (Å²) in [5.41, 5.74) is 10.8. The van der Waals surface area contributed by atoms with Crippen molar-refractivity contribution in [2.75, 3.05) is 82.8 Å². The van der Waals surface area contributed by atoms with Gasteiger partial charge in [0.2, 0.25) is 5.91 Å². The van der Waals surface area contributed by atoms with Gasteiger partial charge in [0.05, 0.1) is 24.6 Å². The molecule has 0 atom stereocenters. The summed E-state index contributed by atoms with van der Waals surface area (Å²) in [6.45, 7) is 9.43. The van der Waals surface area contributed by atoms with Crippen molar-refractivity contribution in [2.24, 2.45) is 5.73 Å². The average molecular weight is 509 g/mol. The van der Waals surface area contributed by atoms with E-state index in [9.17, 15) is 9.59 Å². The van der Waals surface area contributed by atoms with Crippen LogP contribution in [-0.4, -0.2) is 99.3 Å². The summed E-state index contributed by atoms with van der Waals surface area (Å²) in [6, 6.07) is 14.6. The number of nitrogens with one attached hydrogen (secondary N) is 1. The lowest BCUT2D eigenvalue weighted by atomic mass is 10.0. The molecule has 2 aromatic carbocycles. The predicted octanol–water partition coefficient (Wildman–Crippen LogP) is 2.67. The molecule has 3 N–H and O–H groups in total. The first-order valence-corrected chi connectivity index (χ1v) is 13.2. The van der Waals surface area contributed by atoms with Crippen molar-refractivity contribution in [3.8, 4) is 11.1 Å². The van der Waals surface area contributed by atoms with Gasteiger partial charge in [0, 0.05) is 59.3 Å². The lowest BCUT2D eigenvalue weighted by Gasteiger charge is -2.35. The number of hydrogen-bond acceptors (Lipinski definition) is 6. The minimum absolute atomic E-state index is 0.0339. The van der Waals surface area contributed by atoms with E-state index in [0.29, 0.717) is 45.9 Å². The number of amides is 3. The van der Waals surface area contributed by atoms with Crippen molar-refractivity contribution in [1.82, 2.24) is 14.7 Å². The number of piperazine rings is 1. The fourth-order valence-corrected chi connectivity index (χ4v) is 4.88. The lowest BCUT2D eigenvalue weighted by Crippen LogP contribution is -2.48. The number of hydrogen-bond donors (Lipinski definition) is 2. The molecule has 200 valence electrons. The summed E-state index contributed by atoms with van der Waals surface area (Å²) >= 11 is 0.